The molecule has 1 aromatic heterocycles. The molecule has 0 unspecified atom stereocenters. The van der Waals surface area contributed by atoms with E-state index < -0.39 is 0 Å². The summed E-state index contributed by atoms with van der Waals surface area (Å²) in [4.78, 5) is 45.9. The molecule has 2 fully saturated rings. The van der Waals surface area contributed by atoms with E-state index in [-0.39, 0.29) is 35.4 Å². The Morgan fingerprint density at radius 1 is 0.969 bits per heavy atom. The summed E-state index contributed by atoms with van der Waals surface area (Å²) >= 11 is 1.42. The number of nitrogens with one attached hydrogen (secondary N) is 1. The molecule has 7 nitrogen and oxygen atoms in total. The molecule has 32 heavy (non-hydrogen) atoms. The van der Waals surface area contributed by atoms with Crippen LogP contribution < -0.4 is 5.32 Å². The maximum atomic E-state index is 13.1. The van der Waals surface area contributed by atoms with Gasteiger partial charge in [-0.1, -0.05) is 0 Å². The number of aryl methyl sites for hydroxylation is 1. The van der Waals surface area contributed by atoms with Gasteiger partial charge in [0.15, 0.2) is 5.13 Å². The Kier molecular flexibility index (Phi) is 6.83. The summed E-state index contributed by atoms with van der Waals surface area (Å²) in [5.74, 6) is -0.620. The van der Waals surface area contributed by atoms with Gasteiger partial charge in [0.2, 0.25) is 11.8 Å². The largest absolute Gasteiger partial charge is 0.342 e. The molecule has 1 aromatic carbocycles. The van der Waals surface area contributed by atoms with Gasteiger partial charge >= 0.3 is 0 Å². The van der Waals surface area contributed by atoms with Gasteiger partial charge in [0.1, 0.15) is 5.82 Å². The van der Waals surface area contributed by atoms with Gasteiger partial charge in [-0.25, -0.2) is 9.37 Å². The van der Waals surface area contributed by atoms with Crippen LogP contribution in [0.15, 0.2) is 29.6 Å². The molecule has 170 valence electrons. The molecule has 0 saturated carbocycles. The molecule has 2 aliphatic rings. The molecule has 1 N–H and O–H groups in total. The zero-order valence-corrected chi connectivity index (χ0v) is 18.9. The third-order valence-electron chi connectivity index (χ3n) is 6.25. The number of aromatic nitrogens is 1. The van der Waals surface area contributed by atoms with Crippen LogP contribution in [0.2, 0.25) is 0 Å². The molecular formula is C23H27FN4O3S. The molecule has 4 rings (SSSR count). The van der Waals surface area contributed by atoms with E-state index >= 15 is 0 Å². The van der Waals surface area contributed by atoms with E-state index in [9.17, 15) is 18.8 Å². The molecule has 3 heterocycles. The predicted molar refractivity (Wildman–Crippen MR) is 120 cm³/mol. The summed E-state index contributed by atoms with van der Waals surface area (Å²) in [6, 6.07) is 5.55. The van der Waals surface area contributed by atoms with E-state index in [0.29, 0.717) is 62.6 Å². The van der Waals surface area contributed by atoms with Crippen molar-refractivity contribution in [2.45, 2.75) is 32.6 Å². The first-order valence-corrected chi connectivity index (χ1v) is 11.9. The van der Waals surface area contributed by atoms with Crippen molar-refractivity contribution in [1.29, 1.82) is 0 Å². The number of thiazole rings is 1. The first-order chi connectivity index (χ1) is 15.4. The summed E-state index contributed by atoms with van der Waals surface area (Å²) in [5, 5.41) is 5.40. The highest BCUT2D eigenvalue weighted by Crippen LogP contribution is 2.26. The first-order valence-electron chi connectivity index (χ1n) is 11.0. The van der Waals surface area contributed by atoms with Gasteiger partial charge in [-0.3, -0.25) is 14.4 Å². The molecule has 0 aliphatic carbocycles. The Morgan fingerprint density at radius 2 is 1.56 bits per heavy atom. The maximum Gasteiger partial charge on any atom is 0.253 e. The second-order valence-electron chi connectivity index (χ2n) is 8.46. The number of likely N-dealkylation sites (tertiary alicyclic amines) is 2. The highest BCUT2D eigenvalue weighted by atomic mass is 32.1. The number of carbonyl (C=O) groups excluding carboxylic acids is 3. The van der Waals surface area contributed by atoms with Crippen LogP contribution >= 0.6 is 11.3 Å². The third-order valence-corrected chi connectivity index (χ3v) is 7.12. The molecule has 0 bridgehead atoms. The summed E-state index contributed by atoms with van der Waals surface area (Å²) in [5.41, 5.74) is 1.35. The van der Waals surface area contributed by atoms with E-state index in [4.69, 9.17) is 0 Å². The molecule has 2 aliphatic heterocycles. The standard InChI is InChI=1S/C23H27FN4O3S/c1-15-14-32-23(25-15)26-20(29)16-6-10-27(11-7-16)22(31)18-8-12-28(13-9-18)21(30)17-2-4-19(24)5-3-17/h2-5,14,16,18H,6-13H2,1H3,(H,25,26,29). The average Bonchev–Trinajstić information content (AvgIpc) is 3.23. The van der Waals surface area contributed by atoms with E-state index in [1.54, 1.807) is 4.90 Å². The van der Waals surface area contributed by atoms with Crippen LogP contribution in [-0.2, 0) is 9.59 Å². The zero-order valence-electron chi connectivity index (χ0n) is 18.1. The topological polar surface area (TPSA) is 82.6 Å². The normalized spacial score (nSPS) is 17.9. The molecule has 3 amide bonds. The molecule has 0 radical (unpaired) electrons. The number of piperidine rings is 2. The quantitative estimate of drug-likeness (QED) is 0.762. The van der Waals surface area contributed by atoms with Crippen molar-refractivity contribution in [2.24, 2.45) is 11.8 Å². The van der Waals surface area contributed by atoms with Crippen molar-refractivity contribution in [3.8, 4) is 0 Å². The van der Waals surface area contributed by atoms with Crippen LogP contribution in [0.4, 0.5) is 9.52 Å². The zero-order chi connectivity index (χ0) is 22.7. The van der Waals surface area contributed by atoms with Gasteiger partial charge in [-0.05, 0) is 56.9 Å². The van der Waals surface area contributed by atoms with Crippen LogP contribution in [-0.4, -0.2) is 58.7 Å². The molecule has 9 heteroatoms. The van der Waals surface area contributed by atoms with Crippen molar-refractivity contribution < 1.29 is 18.8 Å². The molecule has 2 aromatic rings. The Morgan fingerprint density at radius 3 is 2.16 bits per heavy atom. The lowest BCUT2D eigenvalue weighted by atomic mass is 9.91. The number of rotatable bonds is 4. The fourth-order valence-electron chi connectivity index (χ4n) is 4.34. The van der Waals surface area contributed by atoms with Crippen molar-refractivity contribution in [2.75, 3.05) is 31.5 Å². The fraction of sp³-hybridized carbons (Fsp3) is 0.478. The van der Waals surface area contributed by atoms with Crippen LogP contribution in [0.5, 0.6) is 0 Å². The van der Waals surface area contributed by atoms with Crippen molar-refractivity contribution in [3.63, 3.8) is 0 Å². The fourth-order valence-corrected chi connectivity index (χ4v) is 5.03. The number of halogens is 1. The Bertz CT molecular complexity index is 977. The molecule has 2 saturated heterocycles. The number of carbonyl (C=O) groups is 3. The summed E-state index contributed by atoms with van der Waals surface area (Å²) in [6.07, 6.45) is 2.53. The highest BCUT2D eigenvalue weighted by molar-refractivity contribution is 7.13. The SMILES string of the molecule is Cc1csc(NC(=O)C2CCN(C(=O)C3CCN(C(=O)c4ccc(F)cc4)CC3)CC2)n1. The second-order valence-corrected chi connectivity index (χ2v) is 9.31. The van der Waals surface area contributed by atoms with Gasteiger partial charge in [0.05, 0.1) is 5.69 Å². The van der Waals surface area contributed by atoms with Gasteiger partial charge < -0.3 is 15.1 Å². The molecule has 0 atom stereocenters. The van der Waals surface area contributed by atoms with Crippen LogP contribution in [0, 0.1) is 24.6 Å². The molecular weight excluding hydrogens is 431 g/mol. The van der Waals surface area contributed by atoms with Crippen molar-refractivity contribution >= 4 is 34.2 Å². The summed E-state index contributed by atoms with van der Waals surface area (Å²) < 4.78 is 13.1. The van der Waals surface area contributed by atoms with E-state index in [1.807, 2.05) is 17.2 Å². The van der Waals surface area contributed by atoms with Gasteiger partial charge in [0, 0.05) is 49.0 Å². The number of nitrogens with zero attached hydrogens (tertiary/aromatic N) is 3. The lowest BCUT2D eigenvalue weighted by Crippen LogP contribution is -2.47. The maximum absolute atomic E-state index is 13.1. The number of anilines is 1. The van der Waals surface area contributed by atoms with Crippen LogP contribution in [0.3, 0.4) is 0 Å². The lowest BCUT2D eigenvalue weighted by Gasteiger charge is -2.37. The lowest BCUT2D eigenvalue weighted by molar-refractivity contribution is -0.139. The number of amides is 3. The number of benzene rings is 1. The third kappa shape index (κ3) is 5.15. The summed E-state index contributed by atoms with van der Waals surface area (Å²) in [7, 11) is 0. The predicted octanol–water partition coefficient (Wildman–Crippen LogP) is 3.32. The first kappa shape index (κ1) is 22.4. The van der Waals surface area contributed by atoms with E-state index in [2.05, 4.69) is 10.3 Å². The average molecular weight is 459 g/mol. The smallest absolute Gasteiger partial charge is 0.253 e. The minimum absolute atomic E-state index is 0.0286. The van der Waals surface area contributed by atoms with Crippen molar-refractivity contribution in [3.05, 3.63) is 46.7 Å². The van der Waals surface area contributed by atoms with Gasteiger partial charge in [-0.2, -0.15) is 0 Å². The second kappa shape index (κ2) is 9.77. The molecule has 0 spiro atoms. The minimum Gasteiger partial charge on any atom is -0.342 e. The number of hydrogen-bond donors (Lipinski definition) is 1. The van der Waals surface area contributed by atoms with Crippen LogP contribution in [0.1, 0.15) is 41.7 Å². The van der Waals surface area contributed by atoms with Crippen molar-refractivity contribution in [1.82, 2.24) is 14.8 Å². The minimum atomic E-state index is -0.370. The van der Waals surface area contributed by atoms with Gasteiger partial charge in [-0.15, -0.1) is 11.3 Å². The Balaban J connectivity index is 1.23. The summed E-state index contributed by atoms with van der Waals surface area (Å²) in [6.45, 7) is 4.06. The monoisotopic (exact) mass is 458 g/mol. The van der Waals surface area contributed by atoms with E-state index in [1.165, 1.54) is 35.6 Å². The van der Waals surface area contributed by atoms with Crippen LogP contribution in [0.25, 0.3) is 0 Å². The number of hydrogen-bond acceptors (Lipinski definition) is 5. The Hall–Kier alpha value is -2.81. The Labute approximate surface area is 190 Å². The highest BCUT2D eigenvalue weighted by Gasteiger charge is 2.33. The van der Waals surface area contributed by atoms with Gasteiger partial charge in [0.25, 0.3) is 5.91 Å². The van der Waals surface area contributed by atoms with E-state index in [0.717, 1.165) is 5.69 Å².